The van der Waals surface area contributed by atoms with Gasteiger partial charge in [-0.05, 0) is 24.5 Å². The maximum absolute atomic E-state index is 11.9. The third-order valence-corrected chi connectivity index (χ3v) is 5.28. The number of nitrogens with two attached hydrogens (primary N) is 1. The van der Waals surface area contributed by atoms with Crippen LogP contribution in [0.5, 0.6) is 5.88 Å². The number of methoxy groups -OCH3 is 1. The van der Waals surface area contributed by atoms with E-state index in [9.17, 15) is 8.42 Å². The Bertz CT molecular complexity index is 513. The zero-order valence-corrected chi connectivity index (χ0v) is 10.5. The van der Waals surface area contributed by atoms with E-state index in [4.69, 9.17) is 10.5 Å². The van der Waals surface area contributed by atoms with Crippen LogP contribution in [-0.2, 0) is 9.84 Å². The molecule has 17 heavy (non-hydrogen) atoms. The Kier molecular flexibility index (Phi) is 3.24. The fourth-order valence-electron chi connectivity index (χ4n) is 2.16. The van der Waals surface area contributed by atoms with Gasteiger partial charge in [0.1, 0.15) is 0 Å². The van der Waals surface area contributed by atoms with Crippen LogP contribution < -0.4 is 10.5 Å². The molecule has 0 saturated carbocycles. The second kappa shape index (κ2) is 4.52. The van der Waals surface area contributed by atoms with Crippen molar-refractivity contribution in [1.82, 2.24) is 4.98 Å². The normalized spacial score (nSPS) is 23.2. The van der Waals surface area contributed by atoms with Crippen LogP contribution in [0.4, 0.5) is 5.69 Å². The Labute approximate surface area is 101 Å². The molecule has 6 heteroatoms. The third-order valence-electron chi connectivity index (χ3n) is 3.04. The molecule has 2 N–H and O–H groups in total. The molecule has 94 valence electrons. The number of hydrogen-bond donors (Lipinski definition) is 1. The molecule has 1 aliphatic rings. The van der Waals surface area contributed by atoms with Crippen molar-refractivity contribution >= 4 is 15.5 Å². The summed E-state index contributed by atoms with van der Waals surface area (Å²) in [5.41, 5.74) is 6.79. The van der Waals surface area contributed by atoms with Crippen LogP contribution in [0.3, 0.4) is 0 Å². The molecule has 1 fully saturated rings. The number of pyridine rings is 1. The van der Waals surface area contributed by atoms with Gasteiger partial charge in [-0.15, -0.1) is 0 Å². The summed E-state index contributed by atoms with van der Waals surface area (Å²) in [7, 11) is -1.57. The Morgan fingerprint density at radius 2 is 2.24 bits per heavy atom. The molecule has 0 aromatic carbocycles. The van der Waals surface area contributed by atoms with E-state index in [-0.39, 0.29) is 5.75 Å². The average Bonchev–Trinajstić information content (AvgIpc) is 2.28. The van der Waals surface area contributed by atoms with Crippen LogP contribution >= 0.6 is 0 Å². The van der Waals surface area contributed by atoms with E-state index in [1.807, 2.05) is 0 Å². The lowest BCUT2D eigenvalue weighted by Crippen LogP contribution is -2.21. The molecule has 2 rings (SSSR count). The van der Waals surface area contributed by atoms with Gasteiger partial charge in [0.2, 0.25) is 5.88 Å². The number of nitrogens with zero attached hydrogens (tertiary/aromatic N) is 1. The van der Waals surface area contributed by atoms with Gasteiger partial charge in [-0.25, -0.2) is 13.4 Å². The molecule has 1 atom stereocenters. The standard InChI is InChI=1S/C11H16N2O3S/c1-16-11-9(12)6-8(7-13-11)10-4-2-3-5-17(10,14)15/h6-7,10H,2-5,12H2,1H3. The Morgan fingerprint density at radius 3 is 2.82 bits per heavy atom. The molecule has 2 heterocycles. The summed E-state index contributed by atoms with van der Waals surface area (Å²) in [5.74, 6) is 0.589. The predicted molar refractivity (Wildman–Crippen MR) is 65.6 cm³/mol. The number of anilines is 1. The van der Waals surface area contributed by atoms with Gasteiger partial charge in [0, 0.05) is 6.20 Å². The SMILES string of the molecule is COc1ncc(C2CCCCS2(=O)=O)cc1N. The smallest absolute Gasteiger partial charge is 0.236 e. The first kappa shape index (κ1) is 12.2. The molecular weight excluding hydrogens is 240 g/mol. The number of sulfone groups is 1. The lowest BCUT2D eigenvalue weighted by atomic mass is 10.1. The molecule has 1 aromatic rings. The highest BCUT2D eigenvalue weighted by Crippen LogP contribution is 2.34. The lowest BCUT2D eigenvalue weighted by Gasteiger charge is -2.22. The minimum absolute atomic E-state index is 0.254. The van der Waals surface area contributed by atoms with Crippen LogP contribution in [0.1, 0.15) is 30.1 Å². The molecule has 1 unspecified atom stereocenters. The molecule has 0 bridgehead atoms. The van der Waals surface area contributed by atoms with Gasteiger partial charge in [-0.3, -0.25) is 0 Å². The van der Waals surface area contributed by atoms with E-state index in [1.165, 1.54) is 7.11 Å². The third kappa shape index (κ3) is 2.36. The fourth-order valence-corrected chi connectivity index (χ4v) is 4.12. The van der Waals surface area contributed by atoms with Crippen LogP contribution in [0.2, 0.25) is 0 Å². The Hall–Kier alpha value is -1.30. The predicted octanol–water partition coefficient (Wildman–Crippen LogP) is 1.31. The van der Waals surface area contributed by atoms with Crippen LogP contribution in [-0.4, -0.2) is 26.3 Å². The Morgan fingerprint density at radius 1 is 1.47 bits per heavy atom. The van der Waals surface area contributed by atoms with Crippen LogP contribution in [0.25, 0.3) is 0 Å². The van der Waals surface area contributed by atoms with E-state index < -0.39 is 15.1 Å². The summed E-state index contributed by atoms with van der Waals surface area (Å²) >= 11 is 0. The number of hydrogen-bond acceptors (Lipinski definition) is 5. The summed E-state index contributed by atoms with van der Waals surface area (Å²) < 4.78 is 28.9. The lowest BCUT2D eigenvalue weighted by molar-refractivity contribution is 0.400. The van der Waals surface area contributed by atoms with Gasteiger partial charge in [-0.1, -0.05) is 6.42 Å². The first-order valence-corrected chi connectivity index (χ1v) is 7.27. The Balaban J connectivity index is 2.36. The molecule has 0 aliphatic carbocycles. The molecule has 0 radical (unpaired) electrons. The average molecular weight is 256 g/mol. The van der Waals surface area contributed by atoms with Crippen molar-refractivity contribution in [2.24, 2.45) is 0 Å². The van der Waals surface area contributed by atoms with Gasteiger partial charge in [0.25, 0.3) is 0 Å². The van der Waals surface area contributed by atoms with Gasteiger partial charge in [0.05, 0.1) is 23.8 Å². The molecule has 1 aliphatic heterocycles. The topological polar surface area (TPSA) is 82.3 Å². The summed E-state index contributed by atoms with van der Waals surface area (Å²) in [6, 6.07) is 1.65. The highest BCUT2D eigenvalue weighted by molar-refractivity contribution is 7.91. The van der Waals surface area contributed by atoms with Gasteiger partial charge in [-0.2, -0.15) is 0 Å². The van der Waals surface area contributed by atoms with Crippen molar-refractivity contribution in [3.63, 3.8) is 0 Å². The molecule has 0 spiro atoms. The summed E-state index contributed by atoms with van der Waals surface area (Å²) in [5, 5.41) is -0.461. The summed E-state index contributed by atoms with van der Waals surface area (Å²) in [4.78, 5) is 4.03. The second-order valence-electron chi connectivity index (χ2n) is 4.22. The number of rotatable bonds is 2. The molecular formula is C11H16N2O3S. The van der Waals surface area contributed by atoms with Gasteiger partial charge in [0.15, 0.2) is 9.84 Å². The van der Waals surface area contributed by atoms with E-state index in [0.29, 0.717) is 23.6 Å². The first-order valence-electron chi connectivity index (χ1n) is 5.55. The summed E-state index contributed by atoms with van der Waals surface area (Å²) in [6.07, 6.45) is 3.87. The second-order valence-corrected chi connectivity index (χ2v) is 6.52. The van der Waals surface area contributed by atoms with Crippen LogP contribution in [0, 0.1) is 0 Å². The van der Waals surface area contributed by atoms with Crippen molar-refractivity contribution in [2.75, 3.05) is 18.6 Å². The van der Waals surface area contributed by atoms with E-state index in [1.54, 1.807) is 12.3 Å². The van der Waals surface area contributed by atoms with Crippen molar-refractivity contribution < 1.29 is 13.2 Å². The van der Waals surface area contributed by atoms with Crippen LogP contribution in [0.15, 0.2) is 12.3 Å². The van der Waals surface area contributed by atoms with Crippen molar-refractivity contribution in [2.45, 2.75) is 24.5 Å². The quantitative estimate of drug-likeness (QED) is 0.862. The van der Waals surface area contributed by atoms with Gasteiger partial charge < -0.3 is 10.5 Å². The molecule has 1 saturated heterocycles. The minimum atomic E-state index is -3.05. The van der Waals surface area contributed by atoms with Crippen molar-refractivity contribution in [1.29, 1.82) is 0 Å². The first-order chi connectivity index (χ1) is 8.04. The number of aromatic nitrogens is 1. The van der Waals surface area contributed by atoms with Crippen molar-refractivity contribution in [3.05, 3.63) is 17.8 Å². The number of ether oxygens (including phenoxy) is 1. The molecule has 1 aromatic heterocycles. The van der Waals surface area contributed by atoms with E-state index in [2.05, 4.69) is 4.98 Å². The van der Waals surface area contributed by atoms with Crippen molar-refractivity contribution in [3.8, 4) is 5.88 Å². The van der Waals surface area contributed by atoms with E-state index >= 15 is 0 Å². The minimum Gasteiger partial charge on any atom is -0.480 e. The monoisotopic (exact) mass is 256 g/mol. The fraction of sp³-hybridized carbons (Fsp3) is 0.545. The highest BCUT2D eigenvalue weighted by Gasteiger charge is 2.30. The number of nitrogen functional groups attached to an aromatic ring is 1. The van der Waals surface area contributed by atoms with Gasteiger partial charge >= 0.3 is 0 Å². The zero-order valence-electron chi connectivity index (χ0n) is 9.72. The maximum atomic E-state index is 11.9. The van der Waals surface area contributed by atoms with E-state index in [0.717, 1.165) is 12.8 Å². The molecule has 0 amide bonds. The zero-order chi connectivity index (χ0) is 12.5. The largest absolute Gasteiger partial charge is 0.480 e. The maximum Gasteiger partial charge on any atom is 0.236 e. The highest BCUT2D eigenvalue weighted by atomic mass is 32.2. The molecule has 5 nitrogen and oxygen atoms in total. The summed E-state index contributed by atoms with van der Waals surface area (Å²) in [6.45, 7) is 0.